The van der Waals surface area contributed by atoms with Crippen LogP contribution in [-0.2, 0) is 16.1 Å². The molecule has 0 saturated heterocycles. The highest BCUT2D eigenvalue weighted by Gasteiger charge is 2.21. The van der Waals surface area contributed by atoms with Gasteiger partial charge in [0.05, 0.1) is 11.1 Å². The maximum atomic E-state index is 12.5. The van der Waals surface area contributed by atoms with Gasteiger partial charge >= 0.3 is 11.9 Å². The van der Waals surface area contributed by atoms with Crippen molar-refractivity contribution in [3.8, 4) is 11.3 Å². The summed E-state index contributed by atoms with van der Waals surface area (Å²) in [5.74, 6) is -2.80. The number of benzene rings is 2. The Hall–Kier alpha value is -5.26. The summed E-state index contributed by atoms with van der Waals surface area (Å²) < 4.78 is 0. The lowest BCUT2D eigenvalue weighted by molar-refractivity contribution is -0.140. The van der Waals surface area contributed by atoms with Gasteiger partial charge < -0.3 is 32.3 Å². The van der Waals surface area contributed by atoms with Crippen molar-refractivity contribution in [2.75, 3.05) is 16.8 Å². The Morgan fingerprint density at radius 2 is 1.64 bits per heavy atom. The first-order chi connectivity index (χ1) is 18.6. The van der Waals surface area contributed by atoms with Crippen molar-refractivity contribution < 1.29 is 24.6 Å². The maximum Gasteiger partial charge on any atom is 0.326 e. The Morgan fingerprint density at radius 1 is 0.949 bits per heavy atom. The van der Waals surface area contributed by atoms with Crippen LogP contribution in [-0.4, -0.2) is 49.1 Å². The molecule has 0 aliphatic heterocycles. The summed E-state index contributed by atoms with van der Waals surface area (Å²) in [7, 11) is 0. The number of rotatable bonds is 10. The first kappa shape index (κ1) is 26.8. The first-order valence-electron chi connectivity index (χ1n) is 12.0. The molecule has 0 fully saturated rings. The van der Waals surface area contributed by atoms with Crippen molar-refractivity contribution in [3.05, 3.63) is 71.3 Å². The number of anilines is 3. The molecule has 1 amide bonds. The molecule has 12 nitrogen and oxygen atoms in total. The SMILES string of the molecule is Cc1ccc(-c2nc3nc(N)nc(N)c3cc2CNc2ccc(C(=O)N[C@@H](CCC(=O)O)C(=O)O)cc2)cc1. The summed E-state index contributed by atoms with van der Waals surface area (Å²) in [5.41, 5.74) is 16.7. The van der Waals surface area contributed by atoms with E-state index < -0.39 is 23.9 Å². The first-order valence-corrected chi connectivity index (χ1v) is 12.0. The van der Waals surface area contributed by atoms with Crippen molar-refractivity contribution in [3.63, 3.8) is 0 Å². The number of aromatic nitrogens is 3. The number of hydrogen-bond donors (Lipinski definition) is 6. The van der Waals surface area contributed by atoms with E-state index in [0.717, 1.165) is 16.7 Å². The standard InChI is InChI=1S/C27H27N7O5/c1-14-2-4-15(5-3-14)22-17(12-19-23(28)33-27(29)34-24(19)32-22)13-30-18-8-6-16(7-9-18)25(37)31-20(26(38)39)10-11-21(35)36/h2-9,12,20,30H,10-11,13H2,1H3,(H,31,37)(H,35,36)(H,38,39)(H4,28,29,32,33,34)/t20-/m0/s1. The van der Waals surface area contributed by atoms with Gasteiger partial charge in [-0.25, -0.2) is 9.78 Å². The minimum atomic E-state index is -1.31. The number of nitrogens with one attached hydrogen (secondary N) is 2. The Bertz CT molecular complexity index is 1540. The number of aryl methyl sites for hydroxylation is 1. The van der Waals surface area contributed by atoms with Gasteiger partial charge in [-0.15, -0.1) is 0 Å². The van der Waals surface area contributed by atoms with Gasteiger partial charge in [0.25, 0.3) is 5.91 Å². The van der Waals surface area contributed by atoms with Crippen LogP contribution < -0.4 is 22.1 Å². The van der Waals surface area contributed by atoms with E-state index in [9.17, 15) is 19.5 Å². The average Bonchev–Trinajstić information content (AvgIpc) is 2.90. The second-order valence-corrected chi connectivity index (χ2v) is 8.93. The van der Waals surface area contributed by atoms with Gasteiger partial charge in [0, 0.05) is 29.8 Å². The van der Waals surface area contributed by atoms with Crippen molar-refractivity contribution in [1.82, 2.24) is 20.3 Å². The molecule has 1 atom stereocenters. The number of carboxylic acids is 2. The number of nitrogen functional groups attached to an aromatic ring is 2. The molecule has 0 saturated carbocycles. The lowest BCUT2D eigenvalue weighted by Crippen LogP contribution is -2.41. The fourth-order valence-corrected chi connectivity index (χ4v) is 3.94. The summed E-state index contributed by atoms with van der Waals surface area (Å²) in [4.78, 5) is 47.6. The second-order valence-electron chi connectivity index (χ2n) is 8.93. The molecule has 0 spiro atoms. The zero-order valence-corrected chi connectivity index (χ0v) is 21.0. The fraction of sp³-hybridized carbons (Fsp3) is 0.185. The third kappa shape index (κ3) is 6.55. The van der Waals surface area contributed by atoms with Gasteiger partial charge in [-0.3, -0.25) is 9.59 Å². The third-order valence-electron chi connectivity index (χ3n) is 6.02. The summed E-state index contributed by atoms with van der Waals surface area (Å²) in [6, 6.07) is 14.9. The van der Waals surface area contributed by atoms with Gasteiger partial charge in [0.15, 0.2) is 5.65 Å². The highest BCUT2D eigenvalue weighted by molar-refractivity contribution is 5.97. The largest absolute Gasteiger partial charge is 0.481 e. The van der Waals surface area contributed by atoms with Crippen LogP contribution in [0.4, 0.5) is 17.5 Å². The van der Waals surface area contributed by atoms with Crippen LogP contribution in [0.15, 0.2) is 54.6 Å². The molecule has 39 heavy (non-hydrogen) atoms. The number of fused-ring (bicyclic) bond motifs is 1. The van der Waals surface area contributed by atoms with E-state index in [4.69, 9.17) is 21.6 Å². The third-order valence-corrected chi connectivity index (χ3v) is 6.02. The number of hydrogen-bond acceptors (Lipinski definition) is 9. The average molecular weight is 530 g/mol. The molecule has 8 N–H and O–H groups in total. The molecule has 0 aliphatic carbocycles. The van der Waals surface area contributed by atoms with Gasteiger partial charge in [-0.05, 0) is 49.2 Å². The molecular formula is C27H27N7O5. The maximum absolute atomic E-state index is 12.5. The zero-order valence-electron chi connectivity index (χ0n) is 21.0. The van der Waals surface area contributed by atoms with E-state index in [2.05, 4.69) is 20.6 Å². The van der Waals surface area contributed by atoms with Crippen LogP contribution >= 0.6 is 0 Å². The van der Waals surface area contributed by atoms with Crippen LogP contribution in [0.1, 0.15) is 34.3 Å². The summed E-state index contributed by atoms with van der Waals surface area (Å²) >= 11 is 0. The molecule has 0 bridgehead atoms. The Labute approximate surface area is 223 Å². The predicted molar refractivity (Wildman–Crippen MR) is 146 cm³/mol. The van der Waals surface area contributed by atoms with Crippen LogP contribution in [0.25, 0.3) is 22.3 Å². The van der Waals surface area contributed by atoms with E-state index in [1.54, 1.807) is 24.3 Å². The van der Waals surface area contributed by atoms with Crippen molar-refractivity contribution in [1.29, 1.82) is 0 Å². The van der Waals surface area contributed by atoms with E-state index >= 15 is 0 Å². The molecule has 2 aromatic heterocycles. The summed E-state index contributed by atoms with van der Waals surface area (Å²) in [5, 5.41) is 24.3. The van der Waals surface area contributed by atoms with Crippen molar-refractivity contribution in [2.45, 2.75) is 32.4 Å². The topological polar surface area (TPSA) is 206 Å². The fourth-order valence-electron chi connectivity index (χ4n) is 3.94. The Morgan fingerprint density at radius 3 is 2.28 bits per heavy atom. The molecule has 4 rings (SSSR count). The van der Waals surface area contributed by atoms with Crippen molar-refractivity contribution >= 4 is 46.3 Å². The highest BCUT2D eigenvalue weighted by Crippen LogP contribution is 2.28. The number of nitrogens with two attached hydrogens (primary N) is 2. The van der Waals surface area contributed by atoms with Crippen LogP contribution in [0.5, 0.6) is 0 Å². The molecule has 200 valence electrons. The number of carboxylic acid groups (broad SMARTS) is 2. The normalized spacial score (nSPS) is 11.6. The summed E-state index contributed by atoms with van der Waals surface area (Å²) in [6.07, 6.45) is -0.596. The molecule has 4 aromatic rings. The second kappa shape index (κ2) is 11.4. The van der Waals surface area contributed by atoms with E-state index in [0.29, 0.717) is 29.0 Å². The predicted octanol–water partition coefficient (Wildman–Crippen LogP) is 2.82. The van der Waals surface area contributed by atoms with E-state index in [-0.39, 0.29) is 30.2 Å². The molecule has 0 radical (unpaired) electrons. The van der Waals surface area contributed by atoms with Crippen LogP contribution in [0.3, 0.4) is 0 Å². The van der Waals surface area contributed by atoms with E-state index in [1.165, 1.54) is 0 Å². The number of aliphatic carboxylic acids is 2. The van der Waals surface area contributed by atoms with Gasteiger partial charge in [-0.2, -0.15) is 9.97 Å². The lowest BCUT2D eigenvalue weighted by Gasteiger charge is -2.15. The zero-order chi connectivity index (χ0) is 28.1. The number of nitrogens with zero attached hydrogens (tertiary/aromatic N) is 3. The van der Waals surface area contributed by atoms with E-state index in [1.807, 2.05) is 37.3 Å². The minimum absolute atomic E-state index is 0.0360. The monoisotopic (exact) mass is 529 g/mol. The Balaban J connectivity index is 1.54. The molecule has 0 unspecified atom stereocenters. The van der Waals surface area contributed by atoms with Gasteiger partial charge in [0.1, 0.15) is 11.9 Å². The quantitative estimate of drug-likeness (QED) is 0.176. The number of carbonyl (C=O) groups excluding carboxylic acids is 1. The molecule has 2 aromatic carbocycles. The smallest absolute Gasteiger partial charge is 0.326 e. The number of carbonyl (C=O) groups is 3. The molecular weight excluding hydrogens is 502 g/mol. The lowest BCUT2D eigenvalue weighted by atomic mass is 10.0. The van der Waals surface area contributed by atoms with Crippen molar-refractivity contribution in [2.24, 2.45) is 0 Å². The highest BCUT2D eigenvalue weighted by atomic mass is 16.4. The molecule has 12 heteroatoms. The Kier molecular flexibility index (Phi) is 7.85. The minimum Gasteiger partial charge on any atom is -0.481 e. The molecule has 0 aliphatic rings. The van der Waals surface area contributed by atoms with Crippen LogP contribution in [0, 0.1) is 6.92 Å². The number of pyridine rings is 1. The molecule has 2 heterocycles. The number of amides is 1. The van der Waals surface area contributed by atoms with Crippen LogP contribution in [0.2, 0.25) is 0 Å². The van der Waals surface area contributed by atoms with Gasteiger partial charge in [0.2, 0.25) is 5.95 Å². The summed E-state index contributed by atoms with van der Waals surface area (Å²) in [6.45, 7) is 2.36. The van der Waals surface area contributed by atoms with Gasteiger partial charge in [-0.1, -0.05) is 29.8 Å².